The fourth-order valence-corrected chi connectivity index (χ4v) is 2.30. The molecule has 0 unspecified atom stereocenters. The Morgan fingerprint density at radius 1 is 1.19 bits per heavy atom. The van der Waals surface area contributed by atoms with E-state index in [4.69, 9.17) is 9.84 Å². The molecule has 0 aliphatic heterocycles. The zero-order chi connectivity index (χ0) is 19.6. The number of rotatable bonds is 5. The van der Waals surface area contributed by atoms with Gasteiger partial charge in [0.15, 0.2) is 5.69 Å². The van der Waals surface area contributed by atoms with Gasteiger partial charge >= 0.3 is 11.5 Å². The number of aromatic carboxylic acids is 1. The predicted octanol–water partition coefficient (Wildman–Crippen LogP) is 2.69. The number of azo groups is 1. The molecule has 2 aromatic heterocycles. The first-order valence-corrected chi connectivity index (χ1v) is 7.86. The zero-order valence-electron chi connectivity index (χ0n) is 14.8. The minimum atomic E-state index is -1.03. The van der Waals surface area contributed by atoms with Crippen LogP contribution in [0.3, 0.4) is 0 Å². The van der Waals surface area contributed by atoms with Crippen LogP contribution in [0, 0.1) is 13.8 Å². The van der Waals surface area contributed by atoms with Crippen LogP contribution in [0.15, 0.2) is 45.4 Å². The van der Waals surface area contributed by atoms with Crippen molar-refractivity contribution >= 4 is 17.3 Å². The van der Waals surface area contributed by atoms with Crippen LogP contribution < -0.4 is 10.3 Å². The van der Waals surface area contributed by atoms with Crippen molar-refractivity contribution in [2.75, 3.05) is 7.11 Å². The van der Waals surface area contributed by atoms with Crippen LogP contribution in [0.2, 0.25) is 0 Å². The van der Waals surface area contributed by atoms with Gasteiger partial charge in [-0.2, -0.15) is 14.8 Å². The van der Waals surface area contributed by atoms with E-state index in [0.29, 0.717) is 23.0 Å². The molecule has 27 heavy (non-hydrogen) atoms. The predicted molar refractivity (Wildman–Crippen MR) is 95.6 cm³/mol. The molecule has 10 heteroatoms. The summed E-state index contributed by atoms with van der Waals surface area (Å²) in [6, 6.07) is 7.47. The quantitative estimate of drug-likeness (QED) is 0.665. The number of aromatic nitrogens is 4. The van der Waals surface area contributed by atoms with Gasteiger partial charge in [0, 0.05) is 11.8 Å². The molecule has 0 radical (unpaired) electrons. The first kappa shape index (κ1) is 18.0. The number of methoxy groups -OCH3 is 1. The molecule has 2 heterocycles. The van der Waals surface area contributed by atoms with E-state index in [1.165, 1.54) is 31.4 Å². The number of nitrogens with one attached hydrogen (secondary N) is 1. The van der Waals surface area contributed by atoms with E-state index >= 15 is 0 Å². The number of H-pyrrole nitrogens is 1. The van der Waals surface area contributed by atoms with Gasteiger partial charge in [0.1, 0.15) is 0 Å². The first-order valence-electron chi connectivity index (χ1n) is 7.86. The molecule has 0 fully saturated rings. The average molecular weight is 368 g/mol. The third kappa shape index (κ3) is 3.73. The van der Waals surface area contributed by atoms with E-state index in [2.05, 4.69) is 25.3 Å². The molecule has 1 aromatic carbocycles. The monoisotopic (exact) mass is 368 g/mol. The molecule has 0 saturated heterocycles. The van der Waals surface area contributed by atoms with E-state index in [-0.39, 0.29) is 17.2 Å². The molecule has 0 atom stereocenters. The number of nitrogens with zero attached hydrogens (tertiary/aromatic N) is 5. The number of hydrogen-bond donors (Lipinski definition) is 2. The fraction of sp³-hybridized carbons (Fsp3) is 0.176. The molecular weight excluding hydrogens is 352 g/mol. The second-order valence-electron chi connectivity index (χ2n) is 5.63. The largest absolute Gasteiger partial charge is 0.481 e. The highest BCUT2D eigenvalue weighted by atomic mass is 16.5. The Balaban J connectivity index is 1.95. The van der Waals surface area contributed by atoms with Crippen molar-refractivity contribution in [2.45, 2.75) is 13.8 Å². The Morgan fingerprint density at radius 2 is 1.89 bits per heavy atom. The van der Waals surface area contributed by atoms with Crippen LogP contribution in [0.25, 0.3) is 5.95 Å². The number of ether oxygens (including phenoxy) is 1. The normalized spacial score (nSPS) is 11.1. The van der Waals surface area contributed by atoms with Gasteiger partial charge in [0.2, 0.25) is 5.88 Å². The maximum absolute atomic E-state index is 12.6. The van der Waals surface area contributed by atoms with Crippen molar-refractivity contribution in [3.63, 3.8) is 0 Å². The Kier molecular flexibility index (Phi) is 4.79. The highest BCUT2D eigenvalue weighted by Crippen LogP contribution is 2.19. The third-order valence-corrected chi connectivity index (χ3v) is 3.65. The van der Waals surface area contributed by atoms with E-state index in [1.807, 2.05) is 0 Å². The molecular formula is C17H16N6O4. The second-order valence-corrected chi connectivity index (χ2v) is 5.63. The number of benzene rings is 1. The summed E-state index contributed by atoms with van der Waals surface area (Å²) in [5, 5.41) is 19.7. The lowest BCUT2D eigenvalue weighted by molar-refractivity contribution is 0.0697. The summed E-state index contributed by atoms with van der Waals surface area (Å²) < 4.78 is 6.26. The molecule has 0 aliphatic rings. The molecule has 10 nitrogen and oxygen atoms in total. The molecule has 3 rings (SSSR count). The minimum absolute atomic E-state index is 0.0985. The van der Waals surface area contributed by atoms with Crippen LogP contribution in [0.1, 0.15) is 21.7 Å². The Morgan fingerprint density at radius 3 is 2.52 bits per heavy atom. The molecule has 3 aromatic rings. The lowest BCUT2D eigenvalue weighted by Crippen LogP contribution is -2.17. The topological polar surface area (TPSA) is 135 Å². The van der Waals surface area contributed by atoms with Gasteiger partial charge in [-0.15, -0.1) is 5.11 Å². The number of carboxylic acids is 1. The van der Waals surface area contributed by atoms with Crippen molar-refractivity contribution in [3.05, 3.63) is 57.6 Å². The SMILES string of the molecule is COc1cc(C)nc(-n2[nH]c(C)c(N=Nc3ccc(C(=O)O)cc3)c2=O)n1. The number of aryl methyl sites for hydroxylation is 2. The number of carboxylic acid groups (broad SMARTS) is 1. The van der Waals surface area contributed by atoms with Crippen LogP contribution in [-0.4, -0.2) is 37.9 Å². The number of aromatic amines is 1. The van der Waals surface area contributed by atoms with Crippen LogP contribution in [0.4, 0.5) is 11.4 Å². The molecule has 2 N–H and O–H groups in total. The van der Waals surface area contributed by atoms with Crippen molar-refractivity contribution < 1.29 is 14.6 Å². The maximum atomic E-state index is 12.6. The standard InChI is InChI=1S/C17H16N6O4/c1-9-8-13(27-3)19-17(18-9)23-15(24)14(10(2)22-23)21-20-12-6-4-11(5-7-12)16(25)26/h4-8,22H,1-3H3,(H,25,26). The summed E-state index contributed by atoms with van der Waals surface area (Å²) in [5.74, 6) is -0.568. The van der Waals surface area contributed by atoms with Gasteiger partial charge in [-0.05, 0) is 38.1 Å². The minimum Gasteiger partial charge on any atom is -0.481 e. The van der Waals surface area contributed by atoms with Gasteiger partial charge in [0.05, 0.1) is 24.1 Å². The second kappa shape index (κ2) is 7.20. The average Bonchev–Trinajstić information content (AvgIpc) is 2.93. The zero-order valence-corrected chi connectivity index (χ0v) is 14.8. The van der Waals surface area contributed by atoms with Gasteiger partial charge in [0.25, 0.3) is 5.95 Å². The van der Waals surface area contributed by atoms with Crippen molar-refractivity contribution in [2.24, 2.45) is 10.2 Å². The fourth-order valence-electron chi connectivity index (χ4n) is 2.30. The Bertz CT molecular complexity index is 1080. The van der Waals surface area contributed by atoms with Crippen molar-refractivity contribution in [1.82, 2.24) is 19.7 Å². The smallest absolute Gasteiger partial charge is 0.335 e. The number of carbonyl (C=O) groups is 1. The Labute approximate surface area is 153 Å². The van der Waals surface area contributed by atoms with Crippen molar-refractivity contribution in [1.29, 1.82) is 0 Å². The highest BCUT2D eigenvalue weighted by Gasteiger charge is 2.15. The summed E-state index contributed by atoms with van der Waals surface area (Å²) in [5.41, 5.74) is 1.31. The van der Waals surface area contributed by atoms with E-state index < -0.39 is 11.5 Å². The summed E-state index contributed by atoms with van der Waals surface area (Å²) >= 11 is 0. The summed E-state index contributed by atoms with van der Waals surface area (Å²) in [7, 11) is 1.48. The van der Waals surface area contributed by atoms with Crippen LogP contribution >= 0.6 is 0 Å². The van der Waals surface area contributed by atoms with E-state index in [0.717, 1.165) is 4.68 Å². The lowest BCUT2D eigenvalue weighted by atomic mass is 10.2. The van der Waals surface area contributed by atoms with Crippen molar-refractivity contribution in [3.8, 4) is 11.8 Å². The van der Waals surface area contributed by atoms with Gasteiger partial charge in [-0.25, -0.2) is 9.78 Å². The first-order chi connectivity index (χ1) is 12.9. The summed E-state index contributed by atoms with van der Waals surface area (Å²) in [6.07, 6.45) is 0. The van der Waals surface area contributed by atoms with E-state index in [9.17, 15) is 9.59 Å². The maximum Gasteiger partial charge on any atom is 0.335 e. The summed E-state index contributed by atoms with van der Waals surface area (Å²) in [6.45, 7) is 3.43. The Hall–Kier alpha value is -3.82. The molecule has 138 valence electrons. The highest BCUT2D eigenvalue weighted by molar-refractivity contribution is 5.87. The molecule has 0 spiro atoms. The molecule has 0 aliphatic carbocycles. The number of hydrogen-bond acceptors (Lipinski definition) is 7. The van der Waals surface area contributed by atoms with Crippen LogP contribution in [0.5, 0.6) is 5.88 Å². The molecule has 0 bridgehead atoms. The van der Waals surface area contributed by atoms with Gasteiger partial charge in [-0.3, -0.25) is 9.89 Å². The summed E-state index contributed by atoms with van der Waals surface area (Å²) in [4.78, 5) is 31.9. The van der Waals surface area contributed by atoms with Gasteiger partial charge in [-0.1, -0.05) is 0 Å². The van der Waals surface area contributed by atoms with Crippen LogP contribution in [-0.2, 0) is 0 Å². The van der Waals surface area contributed by atoms with E-state index in [1.54, 1.807) is 19.9 Å². The third-order valence-electron chi connectivity index (χ3n) is 3.65. The molecule has 0 amide bonds. The lowest BCUT2D eigenvalue weighted by Gasteiger charge is -2.04. The van der Waals surface area contributed by atoms with Gasteiger partial charge < -0.3 is 9.84 Å². The molecule has 0 saturated carbocycles.